The van der Waals surface area contributed by atoms with Gasteiger partial charge in [0.15, 0.2) is 11.5 Å². The number of methoxy groups -OCH3 is 1. The second-order valence-electron chi connectivity index (χ2n) is 8.51. The van der Waals surface area contributed by atoms with Crippen molar-refractivity contribution in [3.63, 3.8) is 0 Å². The molecule has 11 heteroatoms. The molecular formula is C28H23ClN2O7S. The molecule has 200 valence electrons. The first-order valence-corrected chi connectivity index (χ1v) is 12.8. The van der Waals surface area contributed by atoms with E-state index in [1.54, 1.807) is 36.4 Å². The van der Waals surface area contributed by atoms with Gasteiger partial charge in [0, 0.05) is 5.69 Å². The van der Waals surface area contributed by atoms with E-state index in [-0.39, 0.29) is 33.6 Å². The molecule has 3 aromatic rings. The molecule has 39 heavy (non-hydrogen) atoms. The SMILES string of the molecule is COc1cc(C=C2SC(=O)N(CC(=O)Nc3ccc(C)cc3)C2=O)cc(Cl)c1OCc1cccc(C(=O)O)c1. The summed E-state index contributed by atoms with van der Waals surface area (Å²) < 4.78 is 11.2. The van der Waals surface area contributed by atoms with Crippen molar-refractivity contribution in [2.75, 3.05) is 19.0 Å². The Morgan fingerprint density at radius 1 is 1.10 bits per heavy atom. The maximum atomic E-state index is 12.9. The van der Waals surface area contributed by atoms with Gasteiger partial charge in [-0.2, -0.15) is 0 Å². The Morgan fingerprint density at radius 3 is 2.54 bits per heavy atom. The third-order valence-electron chi connectivity index (χ3n) is 5.62. The summed E-state index contributed by atoms with van der Waals surface area (Å²) in [6.45, 7) is 1.54. The highest BCUT2D eigenvalue weighted by molar-refractivity contribution is 8.18. The normalized spacial score (nSPS) is 14.0. The largest absolute Gasteiger partial charge is 0.493 e. The fourth-order valence-electron chi connectivity index (χ4n) is 3.68. The standard InChI is InChI=1S/C28H23ClN2O7S/c1-16-6-8-20(9-7-16)30-24(32)14-31-26(33)23(39-28(31)36)13-18-11-21(29)25(22(12-18)37-2)38-15-17-4-3-5-19(10-17)27(34)35/h3-13H,14-15H2,1-2H3,(H,30,32)(H,34,35). The smallest absolute Gasteiger partial charge is 0.335 e. The van der Waals surface area contributed by atoms with Crippen molar-refractivity contribution in [3.05, 3.63) is 92.8 Å². The van der Waals surface area contributed by atoms with Gasteiger partial charge in [0.2, 0.25) is 5.91 Å². The molecule has 1 fully saturated rings. The van der Waals surface area contributed by atoms with Gasteiger partial charge in [-0.3, -0.25) is 19.3 Å². The molecule has 0 unspecified atom stereocenters. The first kappa shape index (κ1) is 27.7. The highest BCUT2D eigenvalue weighted by Gasteiger charge is 2.36. The van der Waals surface area contributed by atoms with Gasteiger partial charge in [-0.15, -0.1) is 0 Å². The number of hydrogen-bond acceptors (Lipinski definition) is 7. The molecule has 0 aliphatic carbocycles. The summed E-state index contributed by atoms with van der Waals surface area (Å²) in [5.74, 6) is -1.63. The van der Waals surface area contributed by atoms with E-state index >= 15 is 0 Å². The Kier molecular flexibility index (Phi) is 8.58. The maximum Gasteiger partial charge on any atom is 0.335 e. The molecule has 1 aliphatic heterocycles. The number of benzene rings is 3. The van der Waals surface area contributed by atoms with Gasteiger partial charge >= 0.3 is 5.97 Å². The van der Waals surface area contributed by atoms with Crippen LogP contribution < -0.4 is 14.8 Å². The number of carboxylic acids is 1. The minimum atomic E-state index is -1.05. The van der Waals surface area contributed by atoms with Crippen molar-refractivity contribution >= 4 is 58.1 Å². The van der Waals surface area contributed by atoms with Crippen LogP contribution >= 0.6 is 23.4 Å². The molecule has 3 aromatic carbocycles. The van der Waals surface area contributed by atoms with Crippen LogP contribution in [0.25, 0.3) is 6.08 Å². The number of rotatable bonds is 9. The number of aryl methyl sites for hydroxylation is 1. The second-order valence-corrected chi connectivity index (χ2v) is 9.91. The van der Waals surface area contributed by atoms with Crippen LogP contribution in [0.3, 0.4) is 0 Å². The molecule has 9 nitrogen and oxygen atoms in total. The number of hydrogen-bond donors (Lipinski definition) is 2. The summed E-state index contributed by atoms with van der Waals surface area (Å²) in [6.07, 6.45) is 1.48. The summed E-state index contributed by atoms with van der Waals surface area (Å²) in [5.41, 5.74) is 2.83. The lowest BCUT2D eigenvalue weighted by molar-refractivity contribution is -0.127. The Bertz CT molecular complexity index is 1490. The number of aromatic carboxylic acids is 1. The lowest BCUT2D eigenvalue weighted by atomic mass is 10.1. The van der Waals surface area contributed by atoms with Gasteiger partial charge in [-0.1, -0.05) is 41.4 Å². The number of amides is 3. The average molecular weight is 567 g/mol. The van der Waals surface area contributed by atoms with Crippen LogP contribution in [0.1, 0.15) is 27.0 Å². The quantitative estimate of drug-likeness (QED) is 0.320. The number of thioether (sulfide) groups is 1. The summed E-state index contributed by atoms with van der Waals surface area (Å²) >= 11 is 7.16. The highest BCUT2D eigenvalue weighted by Crippen LogP contribution is 2.39. The molecule has 2 N–H and O–H groups in total. The molecule has 1 saturated heterocycles. The molecule has 0 bridgehead atoms. The first-order chi connectivity index (χ1) is 18.6. The molecule has 0 atom stereocenters. The number of anilines is 1. The summed E-state index contributed by atoms with van der Waals surface area (Å²) in [4.78, 5) is 50.0. The monoisotopic (exact) mass is 566 g/mol. The van der Waals surface area contributed by atoms with E-state index in [4.69, 9.17) is 21.1 Å². The molecule has 1 heterocycles. The fraction of sp³-hybridized carbons (Fsp3) is 0.143. The Balaban J connectivity index is 1.46. The lowest BCUT2D eigenvalue weighted by Gasteiger charge is -2.14. The number of carbonyl (C=O) groups is 4. The van der Waals surface area contributed by atoms with E-state index < -0.39 is 29.6 Å². The fourth-order valence-corrected chi connectivity index (χ4v) is 4.79. The van der Waals surface area contributed by atoms with Crippen molar-refractivity contribution in [1.29, 1.82) is 0 Å². The molecule has 0 radical (unpaired) electrons. The van der Waals surface area contributed by atoms with E-state index in [9.17, 15) is 24.3 Å². The molecule has 3 amide bonds. The average Bonchev–Trinajstić information content (AvgIpc) is 3.16. The summed E-state index contributed by atoms with van der Waals surface area (Å²) in [7, 11) is 1.42. The Labute approximate surface area is 233 Å². The van der Waals surface area contributed by atoms with E-state index in [2.05, 4.69) is 5.32 Å². The first-order valence-electron chi connectivity index (χ1n) is 11.6. The third kappa shape index (κ3) is 6.78. The van der Waals surface area contributed by atoms with Crippen molar-refractivity contribution in [3.8, 4) is 11.5 Å². The summed E-state index contributed by atoms with van der Waals surface area (Å²) in [5, 5.41) is 11.5. The molecular weight excluding hydrogens is 544 g/mol. The van der Waals surface area contributed by atoms with Crippen LogP contribution in [0.4, 0.5) is 10.5 Å². The van der Waals surface area contributed by atoms with E-state index in [0.717, 1.165) is 10.5 Å². The van der Waals surface area contributed by atoms with Gasteiger partial charge in [0.1, 0.15) is 13.2 Å². The molecule has 4 rings (SSSR count). The van der Waals surface area contributed by atoms with Crippen LogP contribution in [-0.2, 0) is 16.2 Å². The van der Waals surface area contributed by atoms with Gasteiger partial charge in [0.25, 0.3) is 11.1 Å². The number of nitrogens with one attached hydrogen (secondary N) is 1. The molecule has 1 aliphatic rings. The van der Waals surface area contributed by atoms with Crippen molar-refractivity contribution in [1.82, 2.24) is 4.90 Å². The van der Waals surface area contributed by atoms with Crippen LogP contribution in [0.5, 0.6) is 11.5 Å². The predicted octanol–water partition coefficient (Wildman–Crippen LogP) is 5.61. The minimum Gasteiger partial charge on any atom is -0.493 e. The molecule has 0 saturated carbocycles. The van der Waals surface area contributed by atoms with Gasteiger partial charge in [-0.25, -0.2) is 4.79 Å². The zero-order chi connectivity index (χ0) is 28.1. The van der Waals surface area contributed by atoms with Gasteiger partial charge < -0.3 is 19.9 Å². The second kappa shape index (κ2) is 12.1. The lowest BCUT2D eigenvalue weighted by Crippen LogP contribution is -2.36. The number of nitrogens with zero attached hydrogens (tertiary/aromatic N) is 1. The van der Waals surface area contributed by atoms with E-state index in [0.29, 0.717) is 28.6 Å². The van der Waals surface area contributed by atoms with E-state index in [1.807, 2.05) is 19.1 Å². The zero-order valence-electron chi connectivity index (χ0n) is 20.9. The van der Waals surface area contributed by atoms with Crippen LogP contribution in [0.2, 0.25) is 5.02 Å². The summed E-state index contributed by atoms with van der Waals surface area (Å²) in [6, 6.07) is 16.6. The van der Waals surface area contributed by atoms with Crippen LogP contribution in [0, 0.1) is 6.92 Å². The maximum absolute atomic E-state index is 12.9. The third-order valence-corrected chi connectivity index (χ3v) is 6.81. The Morgan fingerprint density at radius 2 is 1.85 bits per heavy atom. The number of ether oxygens (including phenoxy) is 2. The molecule has 0 aromatic heterocycles. The number of carbonyl (C=O) groups excluding carboxylic acids is 3. The topological polar surface area (TPSA) is 122 Å². The van der Waals surface area contributed by atoms with Gasteiger partial charge in [-0.05, 0) is 72.3 Å². The number of imide groups is 1. The predicted molar refractivity (Wildman–Crippen MR) is 148 cm³/mol. The van der Waals surface area contributed by atoms with Gasteiger partial charge in [0.05, 0.1) is 22.6 Å². The highest BCUT2D eigenvalue weighted by atomic mass is 35.5. The number of carboxylic acid groups (broad SMARTS) is 1. The number of halogens is 1. The zero-order valence-corrected chi connectivity index (χ0v) is 22.5. The van der Waals surface area contributed by atoms with Crippen LogP contribution in [0.15, 0.2) is 65.6 Å². The Hall–Kier alpha value is -4.28. The molecule has 0 spiro atoms. The van der Waals surface area contributed by atoms with Crippen molar-refractivity contribution in [2.24, 2.45) is 0 Å². The van der Waals surface area contributed by atoms with Crippen LogP contribution in [-0.4, -0.2) is 46.7 Å². The van der Waals surface area contributed by atoms with Crippen molar-refractivity contribution in [2.45, 2.75) is 13.5 Å². The van der Waals surface area contributed by atoms with E-state index in [1.165, 1.54) is 25.3 Å². The minimum absolute atomic E-state index is 0.0418. The van der Waals surface area contributed by atoms with Crippen molar-refractivity contribution < 1.29 is 33.8 Å².